The lowest BCUT2D eigenvalue weighted by Crippen LogP contribution is -2.14. The van der Waals surface area contributed by atoms with E-state index >= 15 is 0 Å². The zero-order valence-corrected chi connectivity index (χ0v) is 16.4. The van der Waals surface area contributed by atoms with Crippen LogP contribution in [-0.2, 0) is 0 Å². The number of methoxy groups -OCH3 is 2. The van der Waals surface area contributed by atoms with E-state index in [1.807, 2.05) is 50.2 Å². The highest BCUT2D eigenvalue weighted by Crippen LogP contribution is 2.31. The number of aryl methyl sites for hydroxylation is 2. The van der Waals surface area contributed by atoms with Crippen molar-refractivity contribution in [2.75, 3.05) is 24.9 Å². The van der Waals surface area contributed by atoms with E-state index in [0.29, 0.717) is 22.7 Å². The fourth-order valence-electron chi connectivity index (χ4n) is 2.90. The Morgan fingerprint density at radius 1 is 0.964 bits per heavy atom. The highest BCUT2D eigenvalue weighted by molar-refractivity contribution is 6.05. The molecule has 28 heavy (non-hydrogen) atoms. The number of carbonyl (C=O) groups is 1. The summed E-state index contributed by atoms with van der Waals surface area (Å²) in [5.74, 6) is 1.14. The lowest BCUT2D eigenvalue weighted by Gasteiger charge is -2.14. The topological polar surface area (TPSA) is 72.5 Å². The quantitative estimate of drug-likeness (QED) is 0.651. The van der Waals surface area contributed by atoms with E-state index in [4.69, 9.17) is 9.47 Å². The zero-order valence-electron chi connectivity index (χ0n) is 16.4. The van der Waals surface area contributed by atoms with Gasteiger partial charge in [-0.2, -0.15) is 0 Å². The number of anilines is 3. The molecule has 0 fully saturated rings. The number of rotatable bonds is 6. The number of carbonyl (C=O) groups excluding carboxylic acids is 1. The fraction of sp³-hybridized carbons (Fsp3) is 0.182. The predicted octanol–water partition coefficient (Wildman–Crippen LogP) is 4.71. The summed E-state index contributed by atoms with van der Waals surface area (Å²) in [5.41, 5.74) is 4.68. The molecular formula is C22H23N3O3. The largest absolute Gasteiger partial charge is 0.497 e. The number of aromatic nitrogens is 1. The Hall–Kier alpha value is -3.54. The molecule has 6 nitrogen and oxygen atoms in total. The third kappa shape index (κ3) is 4.23. The average Bonchev–Trinajstić information content (AvgIpc) is 2.71. The second-order valence-electron chi connectivity index (χ2n) is 6.37. The molecule has 0 radical (unpaired) electrons. The molecule has 0 atom stereocenters. The van der Waals surface area contributed by atoms with Crippen LogP contribution in [0.25, 0.3) is 0 Å². The lowest BCUT2D eigenvalue weighted by atomic mass is 10.1. The molecule has 0 aliphatic carbocycles. The van der Waals surface area contributed by atoms with Crippen molar-refractivity contribution in [1.29, 1.82) is 0 Å². The molecule has 0 aliphatic rings. The fourth-order valence-corrected chi connectivity index (χ4v) is 2.90. The van der Waals surface area contributed by atoms with Crippen molar-refractivity contribution in [2.24, 2.45) is 0 Å². The lowest BCUT2D eigenvalue weighted by molar-refractivity contribution is 0.102. The van der Waals surface area contributed by atoms with E-state index in [0.717, 1.165) is 22.5 Å². The number of nitrogens with one attached hydrogen (secondary N) is 2. The molecule has 0 bridgehead atoms. The Bertz CT molecular complexity index is 982. The molecule has 0 aliphatic heterocycles. The molecule has 0 saturated heterocycles. The van der Waals surface area contributed by atoms with Gasteiger partial charge in [0.15, 0.2) is 0 Å². The summed E-state index contributed by atoms with van der Waals surface area (Å²) in [6, 6.07) is 13.1. The van der Waals surface area contributed by atoms with E-state index < -0.39 is 0 Å². The van der Waals surface area contributed by atoms with Crippen LogP contribution in [0.2, 0.25) is 0 Å². The van der Waals surface area contributed by atoms with Crippen LogP contribution in [0.1, 0.15) is 21.5 Å². The SMILES string of the molecule is COc1ccc(OC)c(Nc2cncc(C(=O)Nc3c(C)cccc3C)c2)c1. The minimum atomic E-state index is -0.217. The van der Waals surface area contributed by atoms with Crippen LogP contribution in [0.4, 0.5) is 17.1 Å². The Morgan fingerprint density at radius 3 is 2.39 bits per heavy atom. The zero-order chi connectivity index (χ0) is 20.1. The third-order valence-electron chi connectivity index (χ3n) is 4.41. The molecule has 3 rings (SSSR count). The Labute approximate surface area is 164 Å². The molecule has 1 aromatic heterocycles. The van der Waals surface area contributed by atoms with Gasteiger partial charge in [-0.1, -0.05) is 18.2 Å². The molecule has 0 unspecified atom stereocenters. The standard InChI is InChI=1S/C22H23N3O3/c1-14-6-5-7-15(2)21(14)25-22(26)16-10-17(13-23-12-16)24-19-11-18(27-3)8-9-20(19)28-4/h5-13,24H,1-4H3,(H,25,26). The third-order valence-corrected chi connectivity index (χ3v) is 4.41. The molecule has 2 aromatic carbocycles. The molecule has 6 heteroatoms. The summed E-state index contributed by atoms with van der Waals surface area (Å²) in [5, 5.41) is 6.21. The number of para-hydroxylation sites is 1. The summed E-state index contributed by atoms with van der Waals surface area (Å²) < 4.78 is 10.6. The highest BCUT2D eigenvalue weighted by Gasteiger charge is 2.12. The number of hydrogen-bond donors (Lipinski definition) is 2. The van der Waals surface area contributed by atoms with Gasteiger partial charge < -0.3 is 20.1 Å². The van der Waals surface area contributed by atoms with Crippen molar-refractivity contribution in [3.05, 3.63) is 71.5 Å². The van der Waals surface area contributed by atoms with Crippen molar-refractivity contribution >= 4 is 23.0 Å². The second-order valence-corrected chi connectivity index (χ2v) is 6.37. The van der Waals surface area contributed by atoms with Gasteiger partial charge in [-0.05, 0) is 43.2 Å². The molecule has 0 saturated carbocycles. The minimum Gasteiger partial charge on any atom is -0.497 e. The summed E-state index contributed by atoms with van der Waals surface area (Å²) in [6.45, 7) is 3.93. The number of hydrogen-bond acceptors (Lipinski definition) is 5. The molecule has 3 aromatic rings. The molecule has 2 N–H and O–H groups in total. The Morgan fingerprint density at radius 2 is 1.71 bits per heavy atom. The maximum Gasteiger partial charge on any atom is 0.257 e. The van der Waals surface area contributed by atoms with Crippen LogP contribution in [0.15, 0.2) is 54.9 Å². The van der Waals surface area contributed by atoms with Gasteiger partial charge in [0, 0.05) is 18.0 Å². The summed E-state index contributed by atoms with van der Waals surface area (Å²) >= 11 is 0. The van der Waals surface area contributed by atoms with Gasteiger partial charge in [-0.3, -0.25) is 9.78 Å². The molecule has 1 amide bonds. The summed E-state index contributed by atoms with van der Waals surface area (Å²) in [6.07, 6.45) is 3.19. The van der Waals surface area contributed by atoms with Gasteiger partial charge >= 0.3 is 0 Å². The molecular weight excluding hydrogens is 354 g/mol. The first-order valence-corrected chi connectivity index (χ1v) is 8.83. The first kappa shape index (κ1) is 19.2. The predicted molar refractivity (Wildman–Crippen MR) is 111 cm³/mol. The summed E-state index contributed by atoms with van der Waals surface area (Å²) in [7, 11) is 3.20. The van der Waals surface area contributed by atoms with Crippen LogP contribution >= 0.6 is 0 Å². The van der Waals surface area contributed by atoms with E-state index in [2.05, 4.69) is 15.6 Å². The van der Waals surface area contributed by atoms with Crippen LogP contribution < -0.4 is 20.1 Å². The smallest absolute Gasteiger partial charge is 0.257 e. The number of pyridine rings is 1. The monoisotopic (exact) mass is 377 g/mol. The van der Waals surface area contributed by atoms with Gasteiger partial charge in [-0.15, -0.1) is 0 Å². The van der Waals surface area contributed by atoms with Crippen LogP contribution in [0.3, 0.4) is 0 Å². The molecule has 144 valence electrons. The first-order valence-electron chi connectivity index (χ1n) is 8.83. The molecule has 0 spiro atoms. The van der Waals surface area contributed by atoms with Crippen LogP contribution in [-0.4, -0.2) is 25.1 Å². The van der Waals surface area contributed by atoms with Crippen LogP contribution in [0.5, 0.6) is 11.5 Å². The van der Waals surface area contributed by atoms with Gasteiger partial charge in [0.05, 0.1) is 37.4 Å². The maximum atomic E-state index is 12.7. The van der Waals surface area contributed by atoms with Crippen molar-refractivity contribution in [2.45, 2.75) is 13.8 Å². The van der Waals surface area contributed by atoms with E-state index in [9.17, 15) is 4.79 Å². The first-order chi connectivity index (χ1) is 13.5. The van der Waals surface area contributed by atoms with E-state index in [-0.39, 0.29) is 5.91 Å². The van der Waals surface area contributed by atoms with E-state index in [1.54, 1.807) is 26.5 Å². The van der Waals surface area contributed by atoms with Crippen molar-refractivity contribution in [3.63, 3.8) is 0 Å². The Kier molecular flexibility index (Phi) is 5.79. The van der Waals surface area contributed by atoms with Crippen LogP contribution in [0, 0.1) is 13.8 Å². The van der Waals surface area contributed by atoms with Crippen molar-refractivity contribution in [1.82, 2.24) is 4.98 Å². The number of nitrogens with zero attached hydrogens (tertiary/aromatic N) is 1. The summed E-state index contributed by atoms with van der Waals surface area (Å²) in [4.78, 5) is 16.9. The number of benzene rings is 2. The normalized spacial score (nSPS) is 10.3. The van der Waals surface area contributed by atoms with Crippen molar-refractivity contribution < 1.29 is 14.3 Å². The van der Waals surface area contributed by atoms with Gasteiger partial charge in [0.1, 0.15) is 11.5 Å². The van der Waals surface area contributed by atoms with Gasteiger partial charge in [0.2, 0.25) is 0 Å². The Balaban J connectivity index is 1.84. The van der Waals surface area contributed by atoms with Gasteiger partial charge in [0.25, 0.3) is 5.91 Å². The highest BCUT2D eigenvalue weighted by atomic mass is 16.5. The molecule has 1 heterocycles. The maximum absolute atomic E-state index is 12.7. The average molecular weight is 377 g/mol. The minimum absolute atomic E-state index is 0.217. The van der Waals surface area contributed by atoms with Crippen molar-refractivity contribution in [3.8, 4) is 11.5 Å². The van der Waals surface area contributed by atoms with Gasteiger partial charge in [-0.25, -0.2) is 0 Å². The number of amides is 1. The number of ether oxygens (including phenoxy) is 2. The second kappa shape index (κ2) is 8.43. The van der Waals surface area contributed by atoms with E-state index in [1.165, 1.54) is 6.20 Å².